The minimum absolute atomic E-state index is 0.456. The van der Waals surface area contributed by atoms with Crippen LogP contribution in [0.4, 0.5) is 0 Å². The Balaban J connectivity index is 2.39. The molecule has 1 aliphatic rings. The molecule has 0 saturated heterocycles. The number of nitrogens with two attached hydrogens (primary N) is 1. The van der Waals surface area contributed by atoms with Gasteiger partial charge in [-0.3, -0.25) is 0 Å². The first kappa shape index (κ1) is 10.8. The van der Waals surface area contributed by atoms with Gasteiger partial charge in [0.1, 0.15) is 0 Å². The molecule has 0 aromatic carbocycles. The van der Waals surface area contributed by atoms with Crippen molar-refractivity contribution in [3.8, 4) is 0 Å². The molecule has 0 amide bonds. The second-order valence-corrected chi connectivity index (χ2v) is 4.36. The topological polar surface area (TPSA) is 38.0 Å². The zero-order valence-electron chi connectivity index (χ0n) is 8.38. The van der Waals surface area contributed by atoms with Crippen LogP contribution >= 0.6 is 12.2 Å². The number of thiocarbonyl (C=S) groups is 1. The number of rotatable bonds is 3. The van der Waals surface area contributed by atoms with Crippen molar-refractivity contribution in [2.45, 2.75) is 51.5 Å². The summed E-state index contributed by atoms with van der Waals surface area (Å²) in [5.41, 5.74) is 5.50. The van der Waals surface area contributed by atoms with Crippen molar-refractivity contribution < 1.29 is 0 Å². The van der Waals surface area contributed by atoms with Crippen LogP contribution in [0.3, 0.4) is 0 Å². The second-order valence-electron chi connectivity index (χ2n) is 3.92. The highest BCUT2D eigenvalue weighted by Gasteiger charge is 2.21. The van der Waals surface area contributed by atoms with E-state index in [0.717, 1.165) is 12.3 Å². The van der Waals surface area contributed by atoms with E-state index in [0.29, 0.717) is 11.2 Å². The first-order valence-electron chi connectivity index (χ1n) is 5.30. The smallest absolute Gasteiger partial charge is 0.163 e. The molecule has 0 radical (unpaired) electrons. The summed E-state index contributed by atoms with van der Waals surface area (Å²) >= 11 is 4.87. The van der Waals surface area contributed by atoms with Gasteiger partial charge < -0.3 is 11.1 Å². The molecule has 3 N–H and O–H groups in total. The maximum absolute atomic E-state index is 5.50. The van der Waals surface area contributed by atoms with Crippen molar-refractivity contribution in [2.75, 3.05) is 0 Å². The van der Waals surface area contributed by atoms with Crippen molar-refractivity contribution in [3.05, 3.63) is 0 Å². The van der Waals surface area contributed by atoms with Gasteiger partial charge in [-0.15, -0.1) is 0 Å². The van der Waals surface area contributed by atoms with E-state index in [1.807, 2.05) is 0 Å². The Kier molecular flexibility index (Phi) is 4.50. The fraction of sp³-hybridized carbons (Fsp3) is 0.900. The van der Waals surface area contributed by atoms with Crippen LogP contribution < -0.4 is 11.1 Å². The van der Waals surface area contributed by atoms with Crippen LogP contribution in [0.15, 0.2) is 0 Å². The average molecular weight is 200 g/mol. The Morgan fingerprint density at radius 1 is 1.46 bits per heavy atom. The molecule has 0 heterocycles. The van der Waals surface area contributed by atoms with Crippen LogP contribution in [0.5, 0.6) is 0 Å². The highest BCUT2D eigenvalue weighted by Crippen LogP contribution is 2.27. The molecule has 13 heavy (non-hydrogen) atoms. The van der Waals surface area contributed by atoms with Gasteiger partial charge in [0.25, 0.3) is 0 Å². The van der Waals surface area contributed by atoms with Crippen LogP contribution in [0.25, 0.3) is 0 Å². The maximum atomic E-state index is 5.50. The van der Waals surface area contributed by atoms with Crippen LogP contribution in [-0.4, -0.2) is 11.2 Å². The Labute approximate surface area is 86.3 Å². The molecule has 0 aromatic heterocycles. The quantitative estimate of drug-likeness (QED) is 0.686. The molecule has 1 unspecified atom stereocenters. The largest absolute Gasteiger partial charge is 0.376 e. The van der Waals surface area contributed by atoms with Crippen LogP contribution in [0, 0.1) is 5.92 Å². The minimum atomic E-state index is 0.456. The fourth-order valence-electron chi connectivity index (χ4n) is 2.27. The lowest BCUT2D eigenvalue weighted by Gasteiger charge is -2.30. The summed E-state index contributed by atoms with van der Waals surface area (Å²) in [6, 6.07) is 0.512. The molecule has 0 aliphatic heterocycles. The standard InChI is InChI=1S/C10H20N2S/c1-2-9(12-10(11)13)8-6-4-3-5-7-8/h8-9H,2-7H2,1H3,(H3,11,12,13). The molecule has 0 spiro atoms. The summed E-state index contributed by atoms with van der Waals surface area (Å²) < 4.78 is 0. The molecule has 1 atom stereocenters. The Morgan fingerprint density at radius 2 is 2.08 bits per heavy atom. The van der Waals surface area contributed by atoms with Crippen LogP contribution in [0.2, 0.25) is 0 Å². The predicted octanol–water partition coefficient (Wildman–Crippen LogP) is 2.18. The summed E-state index contributed by atoms with van der Waals surface area (Å²) in [6.07, 6.45) is 7.96. The van der Waals surface area contributed by atoms with Crippen molar-refractivity contribution in [3.63, 3.8) is 0 Å². The van der Waals surface area contributed by atoms with E-state index in [1.54, 1.807) is 0 Å². The van der Waals surface area contributed by atoms with Gasteiger partial charge in [0.15, 0.2) is 5.11 Å². The van der Waals surface area contributed by atoms with E-state index in [4.69, 9.17) is 18.0 Å². The van der Waals surface area contributed by atoms with Gasteiger partial charge in [-0.1, -0.05) is 26.2 Å². The van der Waals surface area contributed by atoms with Gasteiger partial charge >= 0.3 is 0 Å². The SMILES string of the molecule is CCC(NC(N)=S)C1CCCCC1. The van der Waals surface area contributed by atoms with Crippen LogP contribution in [0.1, 0.15) is 45.4 Å². The number of hydrogen-bond acceptors (Lipinski definition) is 1. The molecule has 3 heteroatoms. The molecule has 0 bridgehead atoms. The third-order valence-corrected chi connectivity index (χ3v) is 3.10. The molecule has 76 valence electrons. The Bertz CT molecular complexity index is 164. The molecule has 1 aliphatic carbocycles. The predicted molar refractivity (Wildman–Crippen MR) is 60.6 cm³/mol. The first-order chi connectivity index (χ1) is 6.24. The van der Waals surface area contributed by atoms with Gasteiger partial charge in [-0.2, -0.15) is 0 Å². The minimum Gasteiger partial charge on any atom is -0.376 e. The molecule has 2 nitrogen and oxygen atoms in total. The molecule has 0 aromatic rings. The first-order valence-corrected chi connectivity index (χ1v) is 5.70. The Hall–Kier alpha value is -0.310. The fourth-order valence-corrected chi connectivity index (χ4v) is 2.42. The summed E-state index contributed by atoms with van der Waals surface area (Å²) in [5, 5.41) is 3.66. The summed E-state index contributed by atoms with van der Waals surface area (Å²) in [4.78, 5) is 0. The summed E-state index contributed by atoms with van der Waals surface area (Å²) in [6.45, 7) is 2.20. The van der Waals surface area contributed by atoms with E-state index >= 15 is 0 Å². The second kappa shape index (κ2) is 5.43. The van der Waals surface area contributed by atoms with Crippen molar-refractivity contribution in [1.82, 2.24) is 5.32 Å². The van der Waals surface area contributed by atoms with E-state index in [9.17, 15) is 0 Å². The summed E-state index contributed by atoms with van der Waals surface area (Å²) in [7, 11) is 0. The molecular formula is C10H20N2S. The van der Waals surface area contributed by atoms with E-state index < -0.39 is 0 Å². The molecule has 1 fully saturated rings. The zero-order valence-corrected chi connectivity index (χ0v) is 9.20. The molecular weight excluding hydrogens is 180 g/mol. The lowest BCUT2D eigenvalue weighted by Crippen LogP contribution is -2.43. The van der Waals surface area contributed by atoms with Gasteiger partial charge in [0.2, 0.25) is 0 Å². The Morgan fingerprint density at radius 3 is 2.54 bits per heavy atom. The third-order valence-electron chi connectivity index (χ3n) is 2.99. The lowest BCUT2D eigenvalue weighted by atomic mass is 9.83. The average Bonchev–Trinajstić information content (AvgIpc) is 2.15. The van der Waals surface area contributed by atoms with Crippen LogP contribution in [-0.2, 0) is 0 Å². The van der Waals surface area contributed by atoms with E-state index in [1.165, 1.54) is 32.1 Å². The highest BCUT2D eigenvalue weighted by atomic mass is 32.1. The van der Waals surface area contributed by atoms with Gasteiger partial charge in [0, 0.05) is 6.04 Å². The van der Waals surface area contributed by atoms with Crippen molar-refractivity contribution in [1.29, 1.82) is 0 Å². The molecule has 1 saturated carbocycles. The third kappa shape index (κ3) is 3.51. The monoisotopic (exact) mass is 200 g/mol. The number of nitrogens with one attached hydrogen (secondary N) is 1. The zero-order chi connectivity index (χ0) is 9.68. The van der Waals surface area contributed by atoms with Crippen molar-refractivity contribution >= 4 is 17.3 Å². The highest BCUT2D eigenvalue weighted by molar-refractivity contribution is 7.80. The normalized spacial score (nSPS) is 21.0. The lowest BCUT2D eigenvalue weighted by molar-refractivity contribution is 0.284. The van der Waals surface area contributed by atoms with Gasteiger partial charge in [-0.25, -0.2) is 0 Å². The molecule has 1 rings (SSSR count). The van der Waals surface area contributed by atoms with Gasteiger partial charge in [0.05, 0.1) is 0 Å². The number of hydrogen-bond donors (Lipinski definition) is 2. The summed E-state index contributed by atoms with van der Waals surface area (Å²) in [5.74, 6) is 0.792. The maximum Gasteiger partial charge on any atom is 0.163 e. The van der Waals surface area contributed by atoms with E-state index in [2.05, 4.69) is 12.2 Å². The van der Waals surface area contributed by atoms with E-state index in [-0.39, 0.29) is 0 Å². The van der Waals surface area contributed by atoms with Crippen molar-refractivity contribution in [2.24, 2.45) is 11.7 Å². The van der Waals surface area contributed by atoms with Gasteiger partial charge in [-0.05, 0) is 37.4 Å².